The van der Waals surface area contributed by atoms with Gasteiger partial charge in [0.1, 0.15) is 5.75 Å². The molecule has 17 heavy (non-hydrogen) atoms. The molecule has 3 atom stereocenters. The van der Waals surface area contributed by atoms with Gasteiger partial charge in [-0.2, -0.15) is 8.78 Å². The van der Waals surface area contributed by atoms with Crippen LogP contribution in [-0.2, 0) is 0 Å². The van der Waals surface area contributed by atoms with Crippen molar-refractivity contribution in [2.45, 2.75) is 31.9 Å². The molecule has 0 amide bonds. The highest BCUT2D eigenvalue weighted by molar-refractivity contribution is 5.47. The number of anilines is 1. The van der Waals surface area contributed by atoms with Crippen molar-refractivity contribution in [1.29, 1.82) is 0 Å². The summed E-state index contributed by atoms with van der Waals surface area (Å²) >= 11 is 0. The number of benzene rings is 1. The van der Waals surface area contributed by atoms with Crippen molar-refractivity contribution in [2.24, 2.45) is 11.8 Å². The normalized spacial score (nSPS) is 30.2. The molecule has 1 N–H and O–H groups in total. The number of nitrogens with one attached hydrogen (secondary N) is 1. The maximum absolute atomic E-state index is 12.0. The first-order valence-electron chi connectivity index (χ1n) is 6.04. The van der Waals surface area contributed by atoms with Gasteiger partial charge in [-0.25, -0.2) is 0 Å². The molecule has 0 spiro atoms. The van der Waals surface area contributed by atoms with Gasteiger partial charge in [-0.05, 0) is 55.4 Å². The van der Waals surface area contributed by atoms with Crippen LogP contribution in [0.1, 0.15) is 19.3 Å². The van der Waals surface area contributed by atoms with E-state index in [2.05, 4.69) is 10.1 Å². The highest BCUT2D eigenvalue weighted by Crippen LogP contribution is 2.52. The Morgan fingerprint density at radius 1 is 1.18 bits per heavy atom. The maximum Gasteiger partial charge on any atom is 0.387 e. The summed E-state index contributed by atoms with van der Waals surface area (Å²) in [5.41, 5.74) is 0.990. The second-order valence-corrected chi connectivity index (χ2v) is 4.89. The van der Waals surface area contributed by atoms with E-state index in [1.165, 1.54) is 19.3 Å². The number of halogens is 2. The average molecular weight is 239 g/mol. The topological polar surface area (TPSA) is 21.3 Å². The van der Waals surface area contributed by atoms with Gasteiger partial charge in [-0.3, -0.25) is 0 Å². The molecule has 0 bridgehead atoms. The zero-order chi connectivity index (χ0) is 11.8. The van der Waals surface area contributed by atoms with Crippen molar-refractivity contribution in [1.82, 2.24) is 0 Å². The van der Waals surface area contributed by atoms with Crippen LogP contribution in [0.2, 0.25) is 0 Å². The fourth-order valence-corrected chi connectivity index (χ4v) is 2.83. The zero-order valence-corrected chi connectivity index (χ0v) is 9.40. The Morgan fingerprint density at radius 2 is 1.94 bits per heavy atom. The Kier molecular flexibility index (Phi) is 2.65. The Bertz CT molecular complexity index is 393. The highest BCUT2D eigenvalue weighted by Gasteiger charge is 2.47. The van der Waals surface area contributed by atoms with E-state index in [-0.39, 0.29) is 5.75 Å². The summed E-state index contributed by atoms with van der Waals surface area (Å²) in [4.78, 5) is 0. The first-order valence-corrected chi connectivity index (χ1v) is 6.04. The maximum atomic E-state index is 12.0. The molecule has 2 aliphatic carbocycles. The third kappa shape index (κ3) is 2.35. The predicted molar refractivity (Wildman–Crippen MR) is 61.3 cm³/mol. The molecule has 2 nitrogen and oxygen atoms in total. The number of ether oxygens (including phenoxy) is 1. The third-order valence-electron chi connectivity index (χ3n) is 3.77. The van der Waals surface area contributed by atoms with Gasteiger partial charge >= 0.3 is 6.61 Å². The number of hydrogen-bond donors (Lipinski definition) is 1. The molecule has 2 saturated carbocycles. The van der Waals surface area contributed by atoms with E-state index in [0.29, 0.717) is 6.04 Å². The summed E-state index contributed by atoms with van der Waals surface area (Å²) in [7, 11) is 0. The molecule has 0 aromatic heterocycles. The van der Waals surface area contributed by atoms with Crippen LogP contribution in [0.5, 0.6) is 5.75 Å². The fraction of sp³-hybridized carbons (Fsp3) is 0.538. The minimum absolute atomic E-state index is 0.210. The minimum atomic E-state index is -2.75. The molecule has 2 aliphatic rings. The van der Waals surface area contributed by atoms with Gasteiger partial charge in [0.2, 0.25) is 0 Å². The lowest BCUT2D eigenvalue weighted by Gasteiger charge is -2.16. The number of rotatable bonds is 4. The summed E-state index contributed by atoms with van der Waals surface area (Å²) in [5, 5.41) is 3.47. The van der Waals surface area contributed by atoms with E-state index in [4.69, 9.17) is 0 Å². The summed E-state index contributed by atoms with van der Waals surface area (Å²) < 4.78 is 28.2. The summed E-state index contributed by atoms with van der Waals surface area (Å²) in [6, 6.07) is 7.32. The van der Waals surface area contributed by atoms with Crippen LogP contribution < -0.4 is 10.1 Å². The van der Waals surface area contributed by atoms with Crippen LogP contribution in [0.3, 0.4) is 0 Å². The van der Waals surface area contributed by atoms with Crippen LogP contribution in [-0.4, -0.2) is 12.7 Å². The molecule has 2 fully saturated rings. The zero-order valence-electron chi connectivity index (χ0n) is 9.40. The van der Waals surface area contributed by atoms with Crippen molar-refractivity contribution in [3.63, 3.8) is 0 Å². The smallest absolute Gasteiger partial charge is 0.387 e. The van der Waals surface area contributed by atoms with Gasteiger partial charge < -0.3 is 10.1 Å². The van der Waals surface area contributed by atoms with Crippen LogP contribution in [0.15, 0.2) is 24.3 Å². The molecule has 1 aromatic carbocycles. The summed E-state index contributed by atoms with van der Waals surface area (Å²) in [6.45, 7) is -2.75. The number of fused-ring (bicyclic) bond motifs is 1. The largest absolute Gasteiger partial charge is 0.435 e. The quantitative estimate of drug-likeness (QED) is 0.868. The lowest BCUT2D eigenvalue weighted by atomic mass is 10.1. The van der Waals surface area contributed by atoms with Crippen molar-refractivity contribution < 1.29 is 13.5 Å². The minimum Gasteiger partial charge on any atom is -0.435 e. The molecule has 0 radical (unpaired) electrons. The Labute approximate surface area is 99.0 Å². The highest BCUT2D eigenvalue weighted by atomic mass is 19.3. The van der Waals surface area contributed by atoms with E-state index in [1.54, 1.807) is 24.3 Å². The standard InChI is InChI=1S/C13H15F2NO/c14-13(15)17-10-4-2-9(3-5-10)16-12-6-1-8-7-11(8)12/h2-5,8,11-13,16H,1,6-7H2. The first-order chi connectivity index (χ1) is 8.22. The molecule has 3 unspecified atom stereocenters. The van der Waals surface area contributed by atoms with Gasteiger partial charge in [0.05, 0.1) is 0 Å². The lowest BCUT2D eigenvalue weighted by molar-refractivity contribution is -0.0498. The van der Waals surface area contributed by atoms with Gasteiger partial charge in [-0.1, -0.05) is 0 Å². The second-order valence-electron chi connectivity index (χ2n) is 4.89. The Morgan fingerprint density at radius 3 is 2.47 bits per heavy atom. The van der Waals surface area contributed by atoms with E-state index in [0.717, 1.165) is 17.5 Å². The van der Waals surface area contributed by atoms with E-state index in [1.807, 2.05) is 0 Å². The van der Waals surface area contributed by atoms with Crippen molar-refractivity contribution >= 4 is 5.69 Å². The van der Waals surface area contributed by atoms with Crippen molar-refractivity contribution in [3.05, 3.63) is 24.3 Å². The van der Waals surface area contributed by atoms with E-state index >= 15 is 0 Å². The predicted octanol–water partition coefficient (Wildman–Crippen LogP) is 3.50. The van der Waals surface area contributed by atoms with Crippen LogP contribution in [0.4, 0.5) is 14.5 Å². The third-order valence-corrected chi connectivity index (χ3v) is 3.77. The average Bonchev–Trinajstić information content (AvgIpc) is 2.98. The molecule has 3 rings (SSSR count). The SMILES string of the molecule is FC(F)Oc1ccc(NC2CCC3CC32)cc1. The molecule has 0 heterocycles. The number of alkyl halides is 2. The lowest BCUT2D eigenvalue weighted by Crippen LogP contribution is -2.18. The van der Waals surface area contributed by atoms with Gasteiger partial charge in [0.15, 0.2) is 0 Å². The van der Waals surface area contributed by atoms with Crippen molar-refractivity contribution in [3.8, 4) is 5.75 Å². The molecule has 0 saturated heterocycles. The molecular formula is C13H15F2NO. The fourth-order valence-electron chi connectivity index (χ4n) is 2.83. The monoisotopic (exact) mass is 239 g/mol. The van der Waals surface area contributed by atoms with Crippen LogP contribution >= 0.6 is 0 Å². The molecule has 92 valence electrons. The molecule has 1 aromatic rings. The summed E-state index contributed by atoms with van der Waals surface area (Å²) in [6.07, 6.45) is 3.91. The summed E-state index contributed by atoms with van der Waals surface area (Å²) in [5.74, 6) is 1.99. The van der Waals surface area contributed by atoms with Crippen LogP contribution in [0, 0.1) is 11.8 Å². The molecule has 0 aliphatic heterocycles. The second kappa shape index (κ2) is 4.17. The molecule has 4 heteroatoms. The van der Waals surface area contributed by atoms with E-state index < -0.39 is 6.61 Å². The van der Waals surface area contributed by atoms with Crippen molar-refractivity contribution in [2.75, 3.05) is 5.32 Å². The van der Waals surface area contributed by atoms with Gasteiger partial charge in [0.25, 0.3) is 0 Å². The van der Waals surface area contributed by atoms with Gasteiger partial charge in [-0.15, -0.1) is 0 Å². The van der Waals surface area contributed by atoms with Crippen LogP contribution in [0.25, 0.3) is 0 Å². The Balaban J connectivity index is 1.60. The van der Waals surface area contributed by atoms with E-state index in [9.17, 15) is 8.78 Å². The molecular weight excluding hydrogens is 224 g/mol. The van der Waals surface area contributed by atoms with Gasteiger partial charge in [0, 0.05) is 11.7 Å². The Hall–Kier alpha value is -1.32. The first kappa shape index (κ1) is 10.8. The number of hydrogen-bond acceptors (Lipinski definition) is 2.